The second-order valence-electron chi connectivity index (χ2n) is 4.56. The van der Waals surface area contributed by atoms with Gasteiger partial charge in [0.1, 0.15) is 18.1 Å². The minimum absolute atomic E-state index is 0.611. The summed E-state index contributed by atoms with van der Waals surface area (Å²) in [7, 11) is 1.92. The maximum Gasteiger partial charge on any atom is 0.129 e. The van der Waals surface area contributed by atoms with Crippen molar-refractivity contribution in [2.24, 2.45) is 5.92 Å². The smallest absolute Gasteiger partial charge is 0.129 e. The summed E-state index contributed by atoms with van der Waals surface area (Å²) in [6.45, 7) is 2.28. The molecule has 1 fully saturated rings. The highest BCUT2D eigenvalue weighted by atomic mass is 16.5. The SMILES string of the molecule is CNCc1ccc(COCC2CCCC2)o1. The van der Waals surface area contributed by atoms with E-state index in [1.807, 2.05) is 19.2 Å². The molecule has 0 aliphatic heterocycles. The predicted molar refractivity (Wildman–Crippen MR) is 63.1 cm³/mol. The third kappa shape index (κ3) is 3.35. The summed E-state index contributed by atoms with van der Waals surface area (Å²) in [5.74, 6) is 2.69. The Kier molecular flexibility index (Phi) is 4.43. The molecule has 2 rings (SSSR count). The van der Waals surface area contributed by atoms with Crippen LogP contribution in [0.3, 0.4) is 0 Å². The van der Waals surface area contributed by atoms with E-state index >= 15 is 0 Å². The van der Waals surface area contributed by atoms with E-state index in [2.05, 4.69) is 5.32 Å². The van der Waals surface area contributed by atoms with E-state index < -0.39 is 0 Å². The first-order chi connectivity index (χ1) is 7.88. The van der Waals surface area contributed by atoms with Gasteiger partial charge in [0.25, 0.3) is 0 Å². The third-order valence-electron chi connectivity index (χ3n) is 3.14. The Morgan fingerprint density at radius 3 is 2.81 bits per heavy atom. The van der Waals surface area contributed by atoms with Crippen LogP contribution in [0.5, 0.6) is 0 Å². The lowest BCUT2D eigenvalue weighted by atomic mass is 10.1. The summed E-state index contributed by atoms with van der Waals surface area (Å²) in [6, 6.07) is 4.01. The molecule has 0 saturated heterocycles. The van der Waals surface area contributed by atoms with Crippen LogP contribution in [0.1, 0.15) is 37.2 Å². The molecule has 0 unspecified atom stereocenters. The van der Waals surface area contributed by atoms with Crippen molar-refractivity contribution >= 4 is 0 Å². The number of furan rings is 1. The second kappa shape index (κ2) is 6.06. The Balaban J connectivity index is 1.67. The van der Waals surface area contributed by atoms with Crippen LogP contribution in [0.4, 0.5) is 0 Å². The van der Waals surface area contributed by atoms with Gasteiger partial charge in [0.2, 0.25) is 0 Å². The lowest BCUT2D eigenvalue weighted by Crippen LogP contribution is -2.05. The third-order valence-corrected chi connectivity index (χ3v) is 3.14. The molecule has 1 saturated carbocycles. The van der Waals surface area contributed by atoms with Crippen molar-refractivity contribution < 1.29 is 9.15 Å². The predicted octanol–water partition coefficient (Wildman–Crippen LogP) is 2.71. The van der Waals surface area contributed by atoms with Crippen molar-refractivity contribution in [3.63, 3.8) is 0 Å². The molecule has 90 valence electrons. The average Bonchev–Trinajstić information content (AvgIpc) is 2.90. The molecule has 0 aromatic carbocycles. The van der Waals surface area contributed by atoms with Gasteiger partial charge in [-0.1, -0.05) is 12.8 Å². The van der Waals surface area contributed by atoms with Crippen molar-refractivity contribution in [1.82, 2.24) is 5.32 Å². The molecule has 0 atom stereocenters. The summed E-state index contributed by atoms with van der Waals surface area (Å²) in [4.78, 5) is 0. The van der Waals surface area contributed by atoms with Gasteiger partial charge in [0.05, 0.1) is 6.54 Å². The molecule has 3 nitrogen and oxygen atoms in total. The molecule has 3 heteroatoms. The van der Waals surface area contributed by atoms with Crippen molar-refractivity contribution in [2.45, 2.75) is 38.8 Å². The second-order valence-corrected chi connectivity index (χ2v) is 4.56. The molecule has 1 aromatic rings. The minimum atomic E-state index is 0.611. The zero-order valence-electron chi connectivity index (χ0n) is 10.00. The summed E-state index contributed by atoms with van der Waals surface area (Å²) in [5.41, 5.74) is 0. The lowest BCUT2D eigenvalue weighted by molar-refractivity contribution is 0.0764. The number of ether oxygens (including phenoxy) is 1. The molecular weight excluding hydrogens is 202 g/mol. The largest absolute Gasteiger partial charge is 0.462 e. The average molecular weight is 223 g/mol. The van der Waals surface area contributed by atoms with Gasteiger partial charge >= 0.3 is 0 Å². The first-order valence-corrected chi connectivity index (χ1v) is 6.18. The Morgan fingerprint density at radius 2 is 2.06 bits per heavy atom. The minimum Gasteiger partial charge on any atom is -0.462 e. The molecule has 0 bridgehead atoms. The van der Waals surface area contributed by atoms with Gasteiger partial charge in [0, 0.05) is 6.61 Å². The van der Waals surface area contributed by atoms with Crippen molar-refractivity contribution in [3.8, 4) is 0 Å². The number of nitrogens with one attached hydrogen (secondary N) is 1. The van der Waals surface area contributed by atoms with Crippen LogP contribution in [0.25, 0.3) is 0 Å². The molecule has 0 amide bonds. The van der Waals surface area contributed by atoms with E-state index in [9.17, 15) is 0 Å². The van der Waals surface area contributed by atoms with Crippen LogP contribution in [0, 0.1) is 5.92 Å². The molecule has 1 aliphatic carbocycles. The van der Waals surface area contributed by atoms with Crippen LogP contribution in [0.15, 0.2) is 16.5 Å². The van der Waals surface area contributed by atoms with E-state index in [0.717, 1.165) is 30.6 Å². The lowest BCUT2D eigenvalue weighted by Gasteiger charge is -2.08. The topological polar surface area (TPSA) is 34.4 Å². The molecule has 1 N–H and O–H groups in total. The summed E-state index contributed by atoms with van der Waals surface area (Å²) >= 11 is 0. The van der Waals surface area contributed by atoms with Gasteiger partial charge in [-0.2, -0.15) is 0 Å². The maximum absolute atomic E-state index is 5.68. The van der Waals surface area contributed by atoms with Gasteiger partial charge in [-0.25, -0.2) is 0 Å². The normalized spacial score (nSPS) is 17.1. The van der Waals surface area contributed by atoms with Crippen LogP contribution in [-0.2, 0) is 17.9 Å². The van der Waals surface area contributed by atoms with Gasteiger partial charge in [-0.15, -0.1) is 0 Å². The van der Waals surface area contributed by atoms with E-state index in [-0.39, 0.29) is 0 Å². The molecule has 1 heterocycles. The van der Waals surface area contributed by atoms with Gasteiger partial charge in [-0.05, 0) is 37.9 Å². The van der Waals surface area contributed by atoms with E-state index in [1.165, 1.54) is 25.7 Å². The maximum atomic E-state index is 5.68. The van der Waals surface area contributed by atoms with Crippen molar-refractivity contribution in [2.75, 3.05) is 13.7 Å². The molecule has 1 aliphatic rings. The molecule has 1 aromatic heterocycles. The molecular formula is C13H21NO2. The van der Waals surface area contributed by atoms with Crippen LogP contribution < -0.4 is 5.32 Å². The van der Waals surface area contributed by atoms with Crippen LogP contribution in [0.2, 0.25) is 0 Å². The quantitative estimate of drug-likeness (QED) is 0.805. The highest BCUT2D eigenvalue weighted by Crippen LogP contribution is 2.25. The van der Waals surface area contributed by atoms with E-state index in [0.29, 0.717) is 6.61 Å². The van der Waals surface area contributed by atoms with E-state index in [4.69, 9.17) is 9.15 Å². The first kappa shape index (κ1) is 11.7. The number of rotatable bonds is 6. The zero-order valence-corrected chi connectivity index (χ0v) is 10.00. The summed E-state index contributed by atoms with van der Waals surface area (Å²) in [6.07, 6.45) is 5.43. The Morgan fingerprint density at radius 1 is 1.31 bits per heavy atom. The fraction of sp³-hybridized carbons (Fsp3) is 0.692. The summed E-state index contributed by atoms with van der Waals surface area (Å²) in [5, 5.41) is 3.06. The molecule has 0 spiro atoms. The highest BCUT2D eigenvalue weighted by Gasteiger charge is 2.15. The molecule has 0 radical (unpaired) electrons. The Labute approximate surface area is 97.2 Å². The first-order valence-electron chi connectivity index (χ1n) is 6.18. The van der Waals surface area contributed by atoms with E-state index in [1.54, 1.807) is 0 Å². The van der Waals surface area contributed by atoms with Crippen molar-refractivity contribution in [3.05, 3.63) is 23.7 Å². The fourth-order valence-corrected chi connectivity index (χ4v) is 2.27. The monoisotopic (exact) mass is 223 g/mol. The fourth-order valence-electron chi connectivity index (χ4n) is 2.27. The standard InChI is InChI=1S/C13H21NO2/c1-14-8-12-6-7-13(16-12)10-15-9-11-4-2-3-5-11/h6-7,11,14H,2-5,8-10H2,1H3. The van der Waals surface area contributed by atoms with Gasteiger partial charge in [-0.3, -0.25) is 0 Å². The summed E-state index contributed by atoms with van der Waals surface area (Å²) < 4.78 is 11.3. The van der Waals surface area contributed by atoms with Crippen LogP contribution in [-0.4, -0.2) is 13.7 Å². The van der Waals surface area contributed by atoms with Gasteiger partial charge in [0.15, 0.2) is 0 Å². The number of hydrogen-bond acceptors (Lipinski definition) is 3. The van der Waals surface area contributed by atoms with Gasteiger partial charge < -0.3 is 14.5 Å². The zero-order chi connectivity index (χ0) is 11.2. The highest BCUT2D eigenvalue weighted by molar-refractivity contribution is 5.06. The van der Waals surface area contributed by atoms with Crippen LogP contribution >= 0.6 is 0 Å². The number of hydrogen-bond donors (Lipinski definition) is 1. The Bertz CT molecular complexity index is 303. The molecule has 16 heavy (non-hydrogen) atoms. The van der Waals surface area contributed by atoms with Crippen molar-refractivity contribution in [1.29, 1.82) is 0 Å². The Hall–Kier alpha value is -0.800.